The third kappa shape index (κ3) is 8.37. The van der Waals surface area contributed by atoms with Crippen LogP contribution in [0.1, 0.15) is 22.6 Å². The minimum absolute atomic E-state index is 0.0333. The van der Waals surface area contributed by atoms with Gasteiger partial charge in [0.2, 0.25) is 0 Å². The van der Waals surface area contributed by atoms with Crippen LogP contribution < -0.4 is 21.1 Å². The molecule has 0 aliphatic carbocycles. The molecule has 0 radical (unpaired) electrons. The lowest BCUT2D eigenvalue weighted by Crippen LogP contribution is -2.19. The van der Waals surface area contributed by atoms with Gasteiger partial charge >= 0.3 is 6.02 Å². The molecule has 0 aliphatic heterocycles. The molecule has 0 unspecified atom stereocenters. The molecule has 13 nitrogen and oxygen atoms in total. The minimum atomic E-state index is -0.242. The van der Waals surface area contributed by atoms with Gasteiger partial charge in [0, 0.05) is 21.1 Å². The zero-order valence-corrected chi connectivity index (χ0v) is 30.0. The first-order chi connectivity index (χ1) is 25.7. The number of rotatable bonds is 12. The summed E-state index contributed by atoms with van der Waals surface area (Å²) in [4.78, 5) is 30.3. The monoisotopic (exact) mass is 713 g/mol. The zero-order valence-electron chi connectivity index (χ0n) is 30.0. The van der Waals surface area contributed by atoms with Crippen LogP contribution >= 0.6 is 0 Å². The molecule has 0 atom stereocenters. The molecule has 270 valence electrons. The van der Waals surface area contributed by atoms with Gasteiger partial charge < -0.3 is 18.5 Å². The molecule has 0 fully saturated rings. The summed E-state index contributed by atoms with van der Waals surface area (Å²) < 4.78 is 25.6. The van der Waals surface area contributed by atoms with Crippen molar-refractivity contribution >= 4 is 30.1 Å². The van der Waals surface area contributed by atoms with Gasteiger partial charge in [-0.15, -0.1) is 10.2 Å². The van der Waals surface area contributed by atoms with Crippen LogP contribution in [0.4, 0.5) is 11.4 Å². The SMILES string of the molecule is Cc1on(C)c(=O)c1-c1ccccc1CO/C=N/N(/C=N\C(=N/N(C)c1ccccc1)OCc1ccccc1-c1c(C)on(C)c1=O)c1ccccc1. The Morgan fingerprint density at radius 1 is 0.698 bits per heavy atom. The van der Waals surface area contributed by atoms with Gasteiger partial charge in [-0.2, -0.15) is 14.5 Å². The first kappa shape index (κ1) is 35.9. The average molecular weight is 714 g/mol. The summed E-state index contributed by atoms with van der Waals surface area (Å²) >= 11 is 0. The molecule has 0 aliphatic rings. The van der Waals surface area contributed by atoms with E-state index < -0.39 is 0 Å². The first-order valence-corrected chi connectivity index (χ1v) is 16.7. The third-order valence-corrected chi connectivity index (χ3v) is 8.33. The highest BCUT2D eigenvalue weighted by atomic mass is 16.5. The minimum Gasteiger partial charge on any atom is -0.477 e. The number of aryl methyl sites for hydroxylation is 4. The van der Waals surface area contributed by atoms with Crippen molar-refractivity contribution in [3.8, 4) is 22.3 Å². The van der Waals surface area contributed by atoms with E-state index in [9.17, 15) is 9.59 Å². The van der Waals surface area contributed by atoms with Gasteiger partial charge in [-0.05, 0) is 60.4 Å². The van der Waals surface area contributed by atoms with Crippen molar-refractivity contribution in [1.82, 2.24) is 9.48 Å². The Morgan fingerprint density at radius 2 is 1.19 bits per heavy atom. The Morgan fingerprint density at radius 3 is 1.72 bits per heavy atom. The number of aromatic nitrogens is 2. The van der Waals surface area contributed by atoms with Gasteiger partial charge in [-0.3, -0.25) is 14.6 Å². The number of ether oxygens (including phenoxy) is 2. The van der Waals surface area contributed by atoms with Gasteiger partial charge in [0.25, 0.3) is 11.1 Å². The lowest BCUT2D eigenvalue weighted by Gasteiger charge is -2.16. The van der Waals surface area contributed by atoms with Crippen LogP contribution in [0.25, 0.3) is 22.3 Å². The van der Waals surface area contributed by atoms with Crippen molar-refractivity contribution in [2.24, 2.45) is 29.3 Å². The lowest BCUT2D eigenvalue weighted by molar-refractivity contribution is 0.283. The van der Waals surface area contributed by atoms with E-state index in [2.05, 4.69) is 15.2 Å². The molecule has 0 amide bonds. The molecule has 0 bridgehead atoms. The van der Waals surface area contributed by atoms with E-state index in [-0.39, 0.29) is 30.4 Å². The van der Waals surface area contributed by atoms with Crippen LogP contribution in [0.3, 0.4) is 0 Å². The molecule has 4 aromatic carbocycles. The summed E-state index contributed by atoms with van der Waals surface area (Å²) in [5.74, 6) is 1.02. The van der Waals surface area contributed by atoms with E-state index >= 15 is 0 Å². The summed E-state index contributed by atoms with van der Waals surface area (Å²) in [5.41, 5.74) is 4.94. The van der Waals surface area contributed by atoms with E-state index in [0.29, 0.717) is 33.9 Å². The number of hydrazone groups is 2. The number of hydrogen-bond acceptors (Lipinski definition) is 9. The maximum Gasteiger partial charge on any atom is 0.335 e. The molecule has 0 saturated heterocycles. The summed E-state index contributed by atoms with van der Waals surface area (Å²) in [7, 11) is 4.95. The molecule has 53 heavy (non-hydrogen) atoms. The number of benzene rings is 4. The number of amidine groups is 1. The van der Waals surface area contributed by atoms with Gasteiger partial charge in [-0.1, -0.05) is 84.9 Å². The Kier molecular flexibility index (Phi) is 11.1. The highest BCUT2D eigenvalue weighted by molar-refractivity contribution is 5.90. The second kappa shape index (κ2) is 16.4. The largest absolute Gasteiger partial charge is 0.477 e. The maximum atomic E-state index is 12.9. The lowest BCUT2D eigenvalue weighted by atomic mass is 10.0. The fraction of sp³-hybridized carbons (Fsp3) is 0.175. The number of hydrogen-bond donors (Lipinski definition) is 0. The predicted octanol–water partition coefficient (Wildman–Crippen LogP) is 6.84. The van der Waals surface area contributed by atoms with Crippen molar-refractivity contribution in [3.63, 3.8) is 0 Å². The smallest absolute Gasteiger partial charge is 0.335 e. The van der Waals surface area contributed by atoms with Crippen LogP contribution in [0, 0.1) is 13.8 Å². The molecular weight excluding hydrogens is 674 g/mol. The normalized spacial score (nSPS) is 11.8. The van der Waals surface area contributed by atoms with Gasteiger partial charge in [0.1, 0.15) is 31.1 Å². The van der Waals surface area contributed by atoms with Crippen molar-refractivity contribution in [2.75, 3.05) is 17.1 Å². The predicted molar refractivity (Wildman–Crippen MR) is 206 cm³/mol. The molecular formula is C40H39N7O6. The van der Waals surface area contributed by atoms with Crippen molar-refractivity contribution in [3.05, 3.63) is 153 Å². The average Bonchev–Trinajstić information content (AvgIpc) is 3.59. The van der Waals surface area contributed by atoms with Crippen molar-refractivity contribution in [1.29, 1.82) is 0 Å². The fourth-order valence-corrected chi connectivity index (χ4v) is 5.71. The topological polar surface area (TPSA) is 132 Å². The molecule has 2 aromatic heterocycles. The zero-order chi connectivity index (χ0) is 37.3. The number of anilines is 2. The standard InChI is InChI=1S/C40H39N7O6/c1-28-36(38(48)45(4)52-28)34-22-14-12-16-30(34)24-50-27-42-47(33-20-10-7-11-21-33)26-41-40(43-44(3)32-18-8-6-9-19-32)51-25-31-17-13-15-23-35(31)37-29(2)53-46(5)39(37)49/h6-23,26-27H,24-25H2,1-5H3/b41-26-,42-27+,43-40+. The van der Waals surface area contributed by atoms with Crippen LogP contribution in [0.2, 0.25) is 0 Å². The fourth-order valence-electron chi connectivity index (χ4n) is 5.71. The highest BCUT2D eigenvalue weighted by Gasteiger charge is 2.19. The van der Waals surface area contributed by atoms with E-state index in [0.717, 1.165) is 22.4 Å². The molecule has 2 heterocycles. The summed E-state index contributed by atoms with van der Waals surface area (Å²) in [5, 5.41) is 12.4. The van der Waals surface area contributed by atoms with Crippen LogP contribution in [-0.4, -0.2) is 35.3 Å². The number of aliphatic imine (C=N–C) groups is 1. The Hall–Kier alpha value is -6.89. The molecule has 6 aromatic rings. The first-order valence-electron chi connectivity index (χ1n) is 16.7. The van der Waals surface area contributed by atoms with E-state index in [1.54, 1.807) is 40.0 Å². The molecule has 0 saturated carbocycles. The van der Waals surface area contributed by atoms with Crippen molar-refractivity contribution in [2.45, 2.75) is 27.1 Å². The molecule has 0 spiro atoms. The Bertz CT molecular complexity index is 2370. The second-order valence-corrected chi connectivity index (χ2v) is 12.0. The Labute approximate surface area is 305 Å². The van der Waals surface area contributed by atoms with Gasteiger partial charge in [0.15, 0.2) is 6.40 Å². The van der Waals surface area contributed by atoms with Crippen LogP contribution in [-0.2, 0) is 36.8 Å². The quantitative estimate of drug-likeness (QED) is 0.0765. The third-order valence-electron chi connectivity index (χ3n) is 8.33. The van der Waals surface area contributed by atoms with E-state index in [1.807, 2.05) is 109 Å². The van der Waals surface area contributed by atoms with Crippen LogP contribution in [0.5, 0.6) is 0 Å². The summed E-state index contributed by atoms with van der Waals surface area (Å²) in [6.07, 6.45) is 2.79. The summed E-state index contributed by atoms with van der Waals surface area (Å²) in [6.45, 7) is 3.71. The number of nitrogens with zero attached hydrogens (tertiary/aromatic N) is 7. The summed E-state index contributed by atoms with van der Waals surface area (Å²) in [6, 6.07) is 34.0. The van der Waals surface area contributed by atoms with E-state index in [4.69, 9.17) is 18.5 Å². The van der Waals surface area contributed by atoms with Crippen LogP contribution in [0.15, 0.2) is 143 Å². The highest BCUT2D eigenvalue weighted by Crippen LogP contribution is 2.26. The second-order valence-electron chi connectivity index (χ2n) is 12.0. The maximum absolute atomic E-state index is 12.9. The number of para-hydroxylation sites is 2. The molecule has 6 rings (SSSR count). The van der Waals surface area contributed by atoms with Gasteiger partial charge in [0.05, 0.1) is 22.5 Å². The van der Waals surface area contributed by atoms with Crippen molar-refractivity contribution < 1.29 is 18.5 Å². The van der Waals surface area contributed by atoms with Gasteiger partial charge in [-0.25, -0.2) is 5.01 Å². The Balaban J connectivity index is 1.27. The van der Waals surface area contributed by atoms with E-state index in [1.165, 1.54) is 27.2 Å². The molecule has 13 heteroatoms. The molecule has 0 N–H and O–H groups in total.